The first kappa shape index (κ1) is 15.9. The van der Waals surface area contributed by atoms with Gasteiger partial charge in [0.05, 0.1) is 12.3 Å². The van der Waals surface area contributed by atoms with Crippen LogP contribution in [0.25, 0.3) is 0 Å². The van der Waals surface area contributed by atoms with Gasteiger partial charge in [-0.1, -0.05) is 0 Å². The van der Waals surface area contributed by atoms with Crippen LogP contribution in [-0.2, 0) is 19.2 Å². The predicted octanol–water partition coefficient (Wildman–Crippen LogP) is -0.711. The molecule has 112 valence electrons. The van der Waals surface area contributed by atoms with Gasteiger partial charge < -0.3 is 20.4 Å². The first-order chi connectivity index (χ1) is 9.31. The lowest BCUT2D eigenvalue weighted by Crippen LogP contribution is -2.49. The number of likely N-dealkylation sites (tertiary alicyclic amines) is 1. The van der Waals surface area contributed by atoms with Crippen LogP contribution in [0, 0.1) is 5.92 Å². The molecule has 20 heavy (non-hydrogen) atoms. The first-order valence-corrected chi connectivity index (χ1v) is 6.31. The second-order valence-corrected chi connectivity index (χ2v) is 4.80. The van der Waals surface area contributed by atoms with Gasteiger partial charge in [-0.3, -0.25) is 14.4 Å². The largest absolute Gasteiger partial charge is 0.481 e. The maximum Gasteiger partial charge on any atom is 0.326 e. The molecule has 1 rings (SSSR count). The van der Waals surface area contributed by atoms with Crippen molar-refractivity contribution < 1.29 is 29.4 Å². The van der Waals surface area contributed by atoms with Crippen molar-refractivity contribution in [2.45, 2.75) is 32.2 Å². The topological polar surface area (TPSA) is 124 Å². The summed E-state index contributed by atoms with van der Waals surface area (Å²) in [6.07, 6.45) is 0.535. The van der Waals surface area contributed by atoms with Gasteiger partial charge in [-0.15, -0.1) is 0 Å². The van der Waals surface area contributed by atoms with Gasteiger partial charge >= 0.3 is 11.9 Å². The van der Waals surface area contributed by atoms with Crippen LogP contribution in [0.2, 0.25) is 0 Å². The zero-order valence-corrected chi connectivity index (χ0v) is 11.2. The molecule has 0 aliphatic carbocycles. The van der Waals surface area contributed by atoms with E-state index in [9.17, 15) is 19.2 Å². The monoisotopic (exact) mass is 286 g/mol. The summed E-state index contributed by atoms with van der Waals surface area (Å²) in [6.45, 7) is 2.22. The number of piperidine rings is 1. The molecule has 0 saturated carbocycles. The Kier molecular flexibility index (Phi) is 5.48. The highest BCUT2D eigenvalue weighted by molar-refractivity contribution is 5.88. The highest BCUT2D eigenvalue weighted by Gasteiger charge is 2.30. The number of carbonyl (C=O) groups excluding carboxylic acids is 2. The van der Waals surface area contributed by atoms with E-state index in [4.69, 9.17) is 10.2 Å². The summed E-state index contributed by atoms with van der Waals surface area (Å²) in [5.41, 5.74) is 0. The summed E-state index contributed by atoms with van der Waals surface area (Å²) in [6, 6.07) is -1.45. The van der Waals surface area contributed by atoms with Gasteiger partial charge in [0, 0.05) is 20.0 Å². The van der Waals surface area contributed by atoms with Crippen LogP contribution in [-0.4, -0.2) is 58.0 Å². The molecule has 1 saturated heterocycles. The van der Waals surface area contributed by atoms with Crippen molar-refractivity contribution in [2.24, 2.45) is 5.92 Å². The Hall–Kier alpha value is -2.12. The lowest BCUT2D eigenvalue weighted by atomic mass is 9.96. The van der Waals surface area contributed by atoms with Crippen molar-refractivity contribution in [3.05, 3.63) is 0 Å². The fourth-order valence-electron chi connectivity index (χ4n) is 2.14. The summed E-state index contributed by atoms with van der Waals surface area (Å²) in [4.78, 5) is 46.2. The lowest BCUT2D eigenvalue weighted by molar-refractivity contribution is -0.148. The van der Waals surface area contributed by atoms with Crippen LogP contribution in [0.3, 0.4) is 0 Å². The Labute approximate surface area is 115 Å². The molecule has 1 aliphatic rings. The number of aliphatic carboxylic acids is 2. The number of carboxylic acids is 2. The number of nitrogens with one attached hydrogen (secondary N) is 1. The van der Waals surface area contributed by atoms with Crippen LogP contribution in [0.15, 0.2) is 0 Å². The van der Waals surface area contributed by atoms with E-state index in [0.29, 0.717) is 19.4 Å². The van der Waals surface area contributed by atoms with Gasteiger partial charge in [0.25, 0.3) is 0 Å². The summed E-state index contributed by atoms with van der Waals surface area (Å²) < 4.78 is 0. The third kappa shape index (κ3) is 4.52. The van der Waals surface area contributed by atoms with Crippen molar-refractivity contribution in [1.29, 1.82) is 0 Å². The lowest BCUT2D eigenvalue weighted by Gasteiger charge is -2.31. The first-order valence-electron chi connectivity index (χ1n) is 6.31. The van der Waals surface area contributed by atoms with Crippen molar-refractivity contribution in [2.75, 3.05) is 13.1 Å². The zero-order valence-electron chi connectivity index (χ0n) is 11.2. The zero-order chi connectivity index (χ0) is 15.3. The van der Waals surface area contributed by atoms with E-state index >= 15 is 0 Å². The molecule has 1 aliphatic heterocycles. The maximum absolute atomic E-state index is 12.0. The molecule has 8 heteroatoms. The molecule has 3 N–H and O–H groups in total. The number of rotatable bonds is 5. The fraction of sp³-hybridized carbons (Fsp3) is 0.667. The number of hydrogen-bond donors (Lipinski definition) is 3. The molecule has 2 atom stereocenters. The highest BCUT2D eigenvalue weighted by atomic mass is 16.4. The van der Waals surface area contributed by atoms with E-state index in [-0.39, 0.29) is 12.5 Å². The smallest absolute Gasteiger partial charge is 0.326 e. The number of hydrogen-bond acceptors (Lipinski definition) is 4. The van der Waals surface area contributed by atoms with Crippen LogP contribution < -0.4 is 5.32 Å². The van der Waals surface area contributed by atoms with Crippen molar-refractivity contribution in [1.82, 2.24) is 10.2 Å². The average Bonchev–Trinajstić information content (AvgIpc) is 2.37. The van der Waals surface area contributed by atoms with Crippen molar-refractivity contribution >= 4 is 23.8 Å². The summed E-state index contributed by atoms with van der Waals surface area (Å²) in [5.74, 6) is -3.84. The molecule has 8 nitrogen and oxygen atoms in total. The molecular weight excluding hydrogens is 268 g/mol. The Bertz CT molecular complexity index is 422. The molecule has 1 fully saturated rings. The second-order valence-electron chi connectivity index (χ2n) is 4.80. The Balaban J connectivity index is 2.61. The number of carbonyl (C=O) groups is 4. The van der Waals surface area contributed by atoms with Gasteiger partial charge in [-0.25, -0.2) is 4.79 Å². The maximum atomic E-state index is 12.0. The Morgan fingerprint density at radius 3 is 2.45 bits per heavy atom. The van der Waals surface area contributed by atoms with Crippen LogP contribution in [0.4, 0.5) is 0 Å². The van der Waals surface area contributed by atoms with E-state index in [1.807, 2.05) is 0 Å². The van der Waals surface area contributed by atoms with Gasteiger partial charge in [-0.2, -0.15) is 0 Å². The number of nitrogens with zero attached hydrogens (tertiary/aromatic N) is 1. The van der Waals surface area contributed by atoms with E-state index in [0.717, 1.165) is 0 Å². The SMILES string of the molecule is CC(=O)N1CCCC(C(=O)N[C@@H](CC(=O)O)C(=O)O)C1. The van der Waals surface area contributed by atoms with E-state index in [2.05, 4.69) is 5.32 Å². The van der Waals surface area contributed by atoms with Gasteiger partial charge in [0.15, 0.2) is 0 Å². The standard InChI is InChI=1S/C12H18N2O6/c1-7(15)14-4-2-3-8(6-14)11(18)13-9(12(19)20)5-10(16)17/h8-9H,2-6H2,1H3,(H,13,18)(H,16,17)(H,19,20)/t8?,9-/m0/s1. The molecule has 1 unspecified atom stereocenters. The summed E-state index contributed by atoms with van der Waals surface area (Å²) >= 11 is 0. The third-order valence-electron chi connectivity index (χ3n) is 3.23. The molecule has 0 aromatic carbocycles. The van der Waals surface area contributed by atoms with Gasteiger partial charge in [0.2, 0.25) is 11.8 Å². The minimum absolute atomic E-state index is 0.136. The third-order valence-corrected chi connectivity index (χ3v) is 3.23. The quantitative estimate of drug-likeness (QED) is 0.613. The number of amides is 2. The predicted molar refractivity (Wildman–Crippen MR) is 66.8 cm³/mol. The van der Waals surface area contributed by atoms with Crippen LogP contribution in [0.1, 0.15) is 26.2 Å². The highest BCUT2D eigenvalue weighted by Crippen LogP contribution is 2.17. The molecule has 0 radical (unpaired) electrons. The van der Waals surface area contributed by atoms with Crippen LogP contribution >= 0.6 is 0 Å². The molecule has 0 bridgehead atoms. The molecular formula is C12H18N2O6. The molecule has 0 aromatic rings. The molecule has 1 heterocycles. The molecule has 0 spiro atoms. The normalized spacial score (nSPS) is 20.1. The van der Waals surface area contributed by atoms with Gasteiger partial charge in [-0.05, 0) is 12.8 Å². The van der Waals surface area contributed by atoms with E-state index < -0.39 is 36.2 Å². The Morgan fingerprint density at radius 1 is 1.30 bits per heavy atom. The minimum Gasteiger partial charge on any atom is -0.481 e. The van der Waals surface area contributed by atoms with Crippen molar-refractivity contribution in [3.63, 3.8) is 0 Å². The summed E-state index contributed by atoms with van der Waals surface area (Å²) in [7, 11) is 0. The van der Waals surface area contributed by atoms with Crippen LogP contribution in [0.5, 0.6) is 0 Å². The van der Waals surface area contributed by atoms with Crippen molar-refractivity contribution in [3.8, 4) is 0 Å². The number of carboxylic acid groups (broad SMARTS) is 2. The van der Waals surface area contributed by atoms with Gasteiger partial charge in [0.1, 0.15) is 6.04 Å². The average molecular weight is 286 g/mol. The Morgan fingerprint density at radius 2 is 1.95 bits per heavy atom. The molecule has 2 amide bonds. The van der Waals surface area contributed by atoms with E-state index in [1.54, 1.807) is 0 Å². The van der Waals surface area contributed by atoms with E-state index in [1.165, 1.54) is 11.8 Å². The fourth-order valence-corrected chi connectivity index (χ4v) is 2.14. The minimum atomic E-state index is -1.45. The molecule has 0 aromatic heterocycles. The summed E-state index contributed by atoms with van der Waals surface area (Å²) in [5, 5.41) is 19.7. The second kappa shape index (κ2) is 6.88.